The van der Waals surface area contributed by atoms with Gasteiger partial charge in [-0.1, -0.05) is 130 Å². The maximum atomic E-state index is 6.72. The summed E-state index contributed by atoms with van der Waals surface area (Å²) in [5.74, 6) is 39.3. The predicted molar refractivity (Wildman–Crippen MR) is 465 cm³/mol. The van der Waals surface area contributed by atoms with Gasteiger partial charge in [0, 0.05) is 142 Å². The summed E-state index contributed by atoms with van der Waals surface area (Å²) in [7, 11) is 0. The Bertz CT molecular complexity index is 5110. The Morgan fingerprint density at radius 3 is 1.05 bits per heavy atom. The molecule has 0 N–H and O–H groups in total. The Morgan fingerprint density at radius 2 is 0.623 bits per heavy atom. The molecule has 0 unspecified atom stereocenters. The van der Waals surface area contributed by atoms with E-state index in [1.807, 2.05) is 56.7 Å². The summed E-state index contributed by atoms with van der Waals surface area (Å²) in [5.41, 5.74) is 7.91. The van der Waals surface area contributed by atoms with Crippen LogP contribution in [0, 0.1) is 149 Å². The van der Waals surface area contributed by atoms with Crippen LogP contribution in [0.5, 0.6) is 23.0 Å². The van der Waals surface area contributed by atoms with Crippen molar-refractivity contribution in [3.63, 3.8) is 0 Å². The number of aryl methyl sites for hydroxylation is 7. The fourth-order valence-electron chi connectivity index (χ4n) is 12.1. The third-order valence-corrected chi connectivity index (χ3v) is 26.9. The van der Waals surface area contributed by atoms with Gasteiger partial charge < -0.3 is 18.9 Å². The lowest BCUT2D eigenvalue weighted by molar-refractivity contribution is 0.305. The molecule has 0 saturated heterocycles. The molecule has 0 fully saturated rings. The third kappa shape index (κ3) is 24.9. The van der Waals surface area contributed by atoms with E-state index in [2.05, 4.69) is 261 Å². The van der Waals surface area contributed by atoms with Gasteiger partial charge in [-0.2, -0.15) is 0 Å². The second-order valence-corrected chi connectivity index (χ2v) is 35.3. The van der Waals surface area contributed by atoms with Crippen molar-refractivity contribution in [1.82, 2.24) is 0 Å². The number of ether oxygens (including phenoxy) is 4. The smallest absolute Gasteiger partial charge is 0.149 e. The van der Waals surface area contributed by atoms with Gasteiger partial charge in [0.25, 0.3) is 0 Å². The fraction of sp³-hybridized carbons (Fsp3) is 0.340. The van der Waals surface area contributed by atoms with Crippen molar-refractivity contribution in [2.45, 2.75) is 197 Å². The van der Waals surface area contributed by atoms with Crippen molar-refractivity contribution in [2.75, 3.05) is 13.2 Å². The number of hydrogen-bond donors (Lipinski definition) is 0. The number of benzene rings is 2. The van der Waals surface area contributed by atoms with Crippen molar-refractivity contribution < 1.29 is 18.9 Å². The highest BCUT2D eigenvalue weighted by Crippen LogP contribution is 2.51. The number of hydrogen-bond acceptors (Lipinski definition) is 12. The average Bonchev–Trinajstić information content (AvgIpc) is 1.54. The molecule has 0 radical (unpaired) electrons. The maximum absolute atomic E-state index is 6.72. The summed E-state index contributed by atoms with van der Waals surface area (Å²) >= 11 is 14.5. The molecule has 4 nitrogen and oxygen atoms in total. The first kappa shape index (κ1) is 81.4. The highest BCUT2D eigenvalue weighted by molar-refractivity contribution is 7.26. The molecule has 106 heavy (non-hydrogen) atoms. The van der Waals surface area contributed by atoms with E-state index < -0.39 is 0 Å². The number of unbranched alkanes of at least 4 members (excludes halogenated alkanes) is 17. The first-order chi connectivity index (χ1) is 51.9. The largest absolute Gasteiger partial charge is 0.493 e. The summed E-state index contributed by atoms with van der Waals surface area (Å²) in [4.78, 5) is 20.0. The zero-order chi connectivity index (χ0) is 74.7. The van der Waals surface area contributed by atoms with Crippen LogP contribution < -0.4 is 18.9 Å². The van der Waals surface area contributed by atoms with Crippen molar-refractivity contribution in [2.24, 2.45) is 0 Å². The van der Waals surface area contributed by atoms with E-state index in [-0.39, 0.29) is 0 Å². The molecule has 540 valence electrons. The molecule has 0 atom stereocenters. The van der Waals surface area contributed by atoms with E-state index in [1.54, 1.807) is 34.0 Å². The standard InChI is InChI=1S/C48H50O2S4.C46H42O2S4/c1-6-9-12-15-18-21-24-38-33-47(54-48(38)46-28-26-37(5)52-46)40-35-41(49-31-22-19-16-13-10-7-2)39(34-42(40)50-32-23-20-17-14-11-8-3)43-29-30-45(53-43)44-27-25-36(4)51-44;1-7-9-11-13-15-17-19-21-27-47-39-31-38(42-24-26-44(52-42)46-34(4)30-36(6)50-46)40(48-28-22-20-18-16-14-12-10-8-2)32-37(39)41-23-25-43(51-41)45-33(3)29-35(5)49-45/h3,25-30,33-35H,6-7,9-10,12-13,15-16,18-19,21-22,24,31H2,1-2,4-5H3;1,23-26,29-32H,8,10,12,14,16,18,20,22,28H2,2-6H3. The zero-order valence-corrected chi connectivity index (χ0v) is 69.2. The lowest BCUT2D eigenvalue weighted by Crippen LogP contribution is -2.00. The number of terminal acetylenes is 2. The highest BCUT2D eigenvalue weighted by atomic mass is 32.1. The van der Waals surface area contributed by atoms with Crippen LogP contribution in [-0.2, 0) is 6.42 Å². The van der Waals surface area contributed by atoms with Crippen LogP contribution in [0.1, 0.15) is 185 Å². The highest BCUT2D eigenvalue weighted by Gasteiger charge is 2.24. The van der Waals surface area contributed by atoms with Gasteiger partial charge in [-0.05, 0) is 228 Å². The Hall–Kier alpha value is -8.72. The minimum Gasteiger partial charge on any atom is -0.493 e. The van der Waals surface area contributed by atoms with E-state index in [0.717, 1.165) is 72.5 Å². The van der Waals surface area contributed by atoms with Crippen LogP contribution in [0.4, 0.5) is 0 Å². The molecule has 8 heterocycles. The molecule has 0 aliphatic rings. The molecule has 0 spiro atoms. The third-order valence-electron chi connectivity index (χ3n) is 17.3. The van der Waals surface area contributed by atoms with Gasteiger partial charge in [0.05, 0.1) is 13.2 Å². The molecule has 0 amide bonds. The molecular formula is C94H92O4S8. The summed E-state index contributed by atoms with van der Waals surface area (Å²) in [6.07, 6.45) is 42.0. The molecule has 10 aromatic rings. The predicted octanol–water partition coefficient (Wildman–Crippen LogP) is 28.2. The molecule has 2 aromatic carbocycles. The van der Waals surface area contributed by atoms with E-state index >= 15 is 0 Å². The van der Waals surface area contributed by atoms with Crippen LogP contribution in [-0.4, -0.2) is 13.2 Å². The van der Waals surface area contributed by atoms with Gasteiger partial charge >= 0.3 is 0 Å². The van der Waals surface area contributed by atoms with Crippen molar-refractivity contribution in [1.29, 1.82) is 0 Å². The van der Waals surface area contributed by atoms with Crippen LogP contribution in [0.2, 0.25) is 0 Å². The second-order valence-electron chi connectivity index (χ2n) is 25.9. The van der Waals surface area contributed by atoms with Crippen LogP contribution in [0.25, 0.3) is 80.8 Å². The molecule has 10 rings (SSSR count). The molecule has 0 aliphatic heterocycles. The average molecular weight is 1540 g/mol. The Balaban J connectivity index is 0.000000245. The van der Waals surface area contributed by atoms with E-state index in [4.69, 9.17) is 31.8 Å². The quantitative estimate of drug-likeness (QED) is 0.0293. The van der Waals surface area contributed by atoms with Gasteiger partial charge in [-0.3, -0.25) is 0 Å². The van der Waals surface area contributed by atoms with Crippen molar-refractivity contribution in [3.8, 4) is 212 Å². The van der Waals surface area contributed by atoms with Gasteiger partial charge in [0.1, 0.15) is 35.2 Å². The molecular weight excluding hydrogens is 1450 g/mol. The minimum absolute atomic E-state index is 0.653. The van der Waals surface area contributed by atoms with E-state index in [0.29, 0.717) is 24.7 Å². The van der Waals surface area contributed by atoms with Crippen molar-refractivity contribution >= 4 is 90.7 Å². The Morgan fingerprint density at radius 1 is 0.283 bits per heavy atom. The minimum atomic E-state index is 0.653. The SMILES string of the molecule is C#CC#CC#CC#CC#COc1cc(-c2ccc(-c3sc(C)cc3C)s2)c(OCCCCCCCCCC)cc1-c1ccc(-c2sc(C)cc2C)s1.C#CC#CC#CC#COc1cc(-c2ccc(-c3ccc(C)s3)s2)c(OCCCCCCCC)cc1-c1cc(CCCCCCCC)c(-c2ccc(C)s2)s1. The summed E-state index contributed by atoms with van der Waals surface area (Å²) in [6, 6.07) is 37.5. The monoisotopic (exact) mass is 1540 g/mol. The Labute approximate surface area is 665 Å². The van der Waals surface area contributed by atoms with Crippen molar-refractivity contribution in [3.05, 3.63) is 139 Å². The van der Waals surface area contributed by atoms with Crippen LogP contribution in [0.15, 0.2) is 103 Å². The van der Waals surface area contributed by atoms with Gasteiger partial charge in [-0.25, -0.2) is 0 Å². The van der Waals surface area contributed by atoms with Crippen LogP contribution in [0.3, 0.4) is 0 Å². The molecule has 0 aliphatic carbocycles. The molecule has 0 saturated carbocycles. The summed E-state index contributed by atoms with van der Waals surface area (Å²) < 4.78 is 25.9. The van der Waals surface area contributed by atoms with Gasteiger partial charge in [0.15, 0.2) is 0 Å². The van der Waals surface area contributed by atoms with Gasteiger partial charge in [-0.15, -0.1) is 104 Å². The Kier molecular flexibility index (Phi) is 34.1. The lowest BCUT2D eigenvalue weighted by Gasteiger charge is -2.15. The molecule has 8 aromatic heterocycles. The van der Waals surface area contributed by atoms with Gasteiger partial charge in [0.2, 0.25) is 0 Å². The molecule has 0 bridgehead atoms. The van der Waals surface area contributed by atoms with E-state index in [1.165, 1.54) is 191 Å². The number of thiophene rings is 8. The summed E-state index contributed by atoms with van der Waals surface area (Å²) in [6.45, 7) is 21.1. The zero-order valence-electron chi connectivity index (χ0n) is 62.6. The first-order valence-electron chi connectivity index (χ1n) is 37.0. The fourth-order valence-corrected chi connectivity index (χ4v) is 20.8. The maximum Gasteiger partial charge on any atom is 0.149 e. The molecule has 12 heteroatoms. The normalized spacial score (nSPS) is 10.3. The summed E-state index contributed by atoms with van der Waals surface area (Å²) in [5, 5.41) is 0. The van der Waals surface area contributed by atoms with E-state index in [9.17, 15) is 0 Å². The lowest BCUT2D eigenvalue weighted by atomic mass is 10.0. The van der Waals surface area contributed by atoms with Crippen LogP contribution >= 0.6 is 90.7 Å². The first-order valence-corrected chi connectivity index (χ1v) is 43.5. The second kappa shape index (κ2) is 44.4. The number of rotatable bonds is 35. The topological polar surface area (TPSA) is 36.9 Å².